The lowest BCUT2D eigenvalue weighted by Crippen LogP contribution is -3.00. The largest absolute Gasteiger partial charge is 1.00 e. The highest BCUT2D eigenvalue weighted by molar-refractivity contribution is 9.10. The monoisotopic (exact) mass is 578 g/mol. The molecule has 5 rings (SSSR count). The first-order valence-corrected chi connectivity index (χ1v) is 11.8. The molecule has 3 aromatic carbocycles. The van der Waals surface area contributed by atoms with Crippen LogP contribution in [0.2, 0.25) is 0 Å². The van der Waals surface area contributed by atoms with Crippen molar-refractivity contribution >= 4 is 32.7 Å². The van der Waals surface area contributed by atoms with E-state index in [1.807, 2.05) is 71.4 Å². The Balaban J connectivity index is 0.00000274. The molecule has 0 saturated heterocycles. The van der Waals surface area contributed by atoms with Crippen molar-refractivity contribution < 1.29 is 30.8 Å². The molecule has 1 unspecified atom stereocenters. The van der Waals surface area contributed by atoms with E-state index in [0.29, 0.717) is 12.1 Å². The van der Waals surface area contributed by atoms with E-state index in [2.05, 4.69) is 57.9 Å². The fourth-order valence-corrected chi connectivity index (χ4v) is 4.62. The Morgan fingerprint density at radius 3 is 2.41 bits per heavy atom. The molecule has 6 heteroatoms. The molecule has 172 valence electrons. The number of nitrogens with zero attached hydrogens (tertiary/aromatic N) is 2. The lowest BCUT2D eigenvalue weighted by molar-refractivity contribution is -0.690. The highest BCUT2D eigenvalue weighted by Gasteiger charge is 2.30. The lowest BCUT2D eigenvalue weighted by Gasteiger charge is -2.14. The zero-order valence-electron chi connectivity index (χ0n) is 18.7. The van der Waals surface area contributed by atoms with E-state index >= 15 is 0 Å². The normalized spacial score (nSPS) is 11.8. The smallest absolute Gasteiger partial charge is 0.257 e. The molecule has 0 spiro atoms. The molecular weight excluding hydrogens is 556 g/mol. The number of Topliss-reactive ketones (excluding diaryl/α,β-unsaturated/α-hetero) is 1. The Morgan fingerprint density at radius 1 is 1.00 bits per heavy atom. The van der Waals surface area contributed by atoms with Gasteiger partial charge in [-0.3, -0.25) is 4.79 Å². The van der Waals surface area contributed by atoms with Crippen LogP contribution in [0, 0.1) is 0 Å². The van der Waals surface area contributed by atoms with Gasteiger partial charge in [0.1, 0.15) is 18.0 Å². The van der Waals surface area contributed by atoms with E-state index < -0.39 is 0 Å². The minimum Gasteiger partial charge on any atom is -1.00 e. The third-order valence-corrected chi connectivity index (χ3v) is 6.47. The zero-order chi connectivity index (χ0) is 22.8. The second-order valence-corrected chi connectivity index (χ2v) is 8.95. The second kappa shape index (κ2) is 10.5. The van der Waals surface area contributed by atoms with Gasteiger partial charge >= 0.3 is 0 Å². The Kier molecular flexibility index (Phi) is 7.49. The third-order valence-electron chi connectivity index (χ3n) is 5.94. The molecule has 5 aromatic rings. The second-order valence-electron chi connectivity index (χ2n) is 8.03. The van der Waals surface area contributed by atoms with Gasteiger partial charge in [0, 0.05) is 27.4 Å². The number of hydrogen-bond donors (Lipinski definition) is 0. The minimum atomic E-state index is -0.127. The number of para-hydroxylation sites is 1. The molecule has 0 aliphatic rings. The topological polar surface area (TPSA) is 39.0 Å². The van der Waals surface area contributed by atoms with Crippen molar-refractivity contribution in [1.29, 1.82) is 0 Å². The van der Waals surface area contributed by atoms with Crippen LogP contribution in [0.5, 0.6) is 0 Å². The number of carbonyl (C=O) groups excluding carboxylic acids is 1. The van der Waals surface area contributed by atoms with Gasteiger partial charge in [0.2, 0.25) is 5.78 Å². The molecular formula is C28H24Br2N2O2. The number of aromatic nitrogens is 2. The molecule has 1 atom stereocenters. The molecule has 0 saturated carbocycles. The highest BCUT2D eigenvalue weighted by Crippen LogP contribution is 2.32. The summed E-state index contributed by atoms with van der Waals surface area (Å²) in [6.07, 6.45) is 4.83. The van der Waals surface area contributed by atoms with E-state index in [0.717, 1.165) is 39.0 Å². The van der Waals surface area contributed by atoms with Crippen LogP contribution in [0.25, 0.3) is 11.0 Å². The van der Waals surface area contributed by atoms with Crippen molar-refractivity contribution in [3.63, 3.8) is 0 Å². The number of hydrogen-bond acceptors (Lipinski definition) is 2. The maximum absolute atomic E-state index is 13.0. The number of rotatable bonds is 7. The number of imidazole rings is 1. The van der Waals surface area contributed by atoms with Gasteiger partial charge in [-0.25, -0.2) is 9.13 Å². The summed E-state index contributed by atoms with van der Waals surface area (Å²) in [5.74, 6) is 2.02. The molecule has 2 aromatic heterocycles. The third kappa shape index (κ3) is 4.79. The zero-order valence-corrected chi connectivity index (χ0v) is 21.9. The van der Waals surface area contributed by atoms with Gasteiger partial charge in [-0.15, -0.1) is 0 Å². The number of ketones is 1. The average Bonchev–Trinajstić information content (AvgIpc) is 3.44. The molecule has 34 heavy (non-hydrogen) atoms. The van der Waals surface area contributed by atoms with Crippen molar-refractivity contribution in [3.8, 4) is 0 Å². The quantitative estimate of drug-likeness (QED) is 0.219. The van der Waals surface area contributed by atoms with E-state index in [1.54, 1.807) is 0 Å². The first-order valence-electron chi connectivity index (χ1n) is 11.1. The highest BCUT2D eigenvalue weighted by atomic mass is 79.9. The van der Waals surface area contributed by atoms with Crippen molar-refractivity contribution in [1.82, 2.24) is 4.57 Å². The minimum absolute atomic E-state index is 0. The average molecular weight is 580 g/mol. The van der Waals surface area contributed by atoms with E-state index in [1.165, 1.54) is 0 Å². The first-order chi connectivity index (χ1) is 16.1. The van der Waals surface area contributed by atoms with Crippen LogP contribution in [-0.4, -0.2) is 10.4 Å². The summed E-state index contributed by atoms with van der Waals surface area (Å²) >= 11 is 3.43. The number of halogens is 2. The number of benzene rings is 3. The van der Waals surface area contributed by atoms with Crippen LogP contribution in [-0.2, 0) is 13.0 Å². The molecule has 0 aliphatic carbocycles. The summed E-state index contributed by atoms with van der Waals surface area (Å²) in [4.78, 5) is 13.0. The van der Waals surface area contributed by atoms with Crippen LogP contribution < -0.4 is 21.5 Å². The van der Waals surface area contributed by atoms with Crippen LogP contribution in [0.1, 0.15) is 40.5 Å². The van der Waals surface area contributed by atoms with Crippen LogP contribution in [0.15, 0.2) is 106 Å². The SMILES string of the molecule is CCc1n(C(c2ccccc2)c2cc3ccccc3o2)cc[n+]1CC(=O)c1ccc(Br)cc1.[Br-]. The van der Waals surface area contributed by atoms with Gasteiger partial charge in [0.05, 0.1) is 0 Å². The van der Waals surface area contributed by atoms with Gasteiger partial charge < -0.3 is 21.4 Å². The fraction of sp³-hybridized carbons (Fsp3) is 0.143. The Bertz CT molecular complexity index is 1370. The van der Waals surface area contributed by atoms with Crippen molar-refractivity contribution in [2.75, 3.05) is 0 Å². The molecule has 4 nitrogen and oxygen atoms in total. The van der Waals surface area contributed by atoms with E-state index in [9.17, 15) is 4.79 Å². The van der Waals surface area contributed by atoms with Gasteiger partial charge in [-0.05, 0) is 24.3 Å². The molecule has 0 amide bonds. The van der Waals surface area contributed by atoms with Gasteiger partial charge in [-0.2, -0.15) is 0 Å². The first kappa shape index (κ1) is 24.2. The maximum atomic E-state index is 13.0. The number of carbonyl (C=O) groups is 1. The van der Waals surface area contributed by atoms with Crippen molar-refractivity contribution in [3.05, 3.63) is 125 Å². The summed E-state index contributed by atoms with van der Waals surface area (Å²) in [5.41, 5.74) is 2.71. The molecule has 0 bridgehead atoms. The van der Waals surface area contributed by atoms with Gasteiger partial charge in [0.15, 0.2) is 18.3 Å². The molecule has 2 heterocycles. The van der Waals surface area contributed by atoms with Crippen LogP contribution in [0.3, 0.4) is 0 Å². The predicted molar refractivity (Wildman–Crippen MR) is 132 cm³/mol. The summed E-state index contributed by atoms with van der Waals surface area (Å²) in [7, 11) is 0. The number of fused-ring (bicyclic) bond motifs is 1. The summed E-state index contributed by atoms with van der Waals surface area (Å²) < 4.78 is 11.5. The van der Waals surface area contributed by atoms with Crippen molar-refractivity contribution in [2.24, 2.45) is 0 Å². The molecule has 0 radical (unpaired) electrons. The van der Waals surface area contributed by atoms with E-state index in [4.69, 9.17) is 4.42 Å². The lowest BCUT2D eigenvalue weighted by atomic mass is 10.0. The van der Waals surface area contributed by atoms with Crippen LogP contribution in [0.4, 0.5) is 0 Å². The van der Waals surface area contributed by atoms with Crippen molar-refractivity contribution in [2.45, 2.75) is 25.9 Å². The fourth-order valence-electron chi connectivity index (χ4n) is 4.35. The molecule has 0 fully saturated rings. The number of furan rings is 1. The Labute approximate surface area is 217 Å². The Morgan fingerprint density at radius 2 is 1.71 bits per heavy atom. The van der Waals surface area contributed by atoms with Gasteiger partial charge in [-0.1, -0.05) is 83.5 Å². The van der Waals surface area contributed by atoms with Crippen LogP contribution >= 0.6 is 15.9 Å². The summed E-state index contributed by atoms with van der Waals surface area (Å²) in [6, 6.07) is 27.9. The summed E-state index contributed by atoms with van der Waals surface area (Å²) in [5, 5.41) is 1.08. The Hall–Kier alpha value is -2.96. The molecule has 0 aliphatic heterocycles. The predicted octanol–water partition coefficient (Wildman–Crippen LogP) is 3.37. The standard InChI is InChI=1S/C28H24BrN2O2.BrH/c1-2-27-30(19-24(32)20-12-14-23(29)15-13-20)16-17-31(27)28(21-8-4-3-5-9-21)26-18-22-10-6-7-11-25(22)33-26;/h3-18,28H,2,19H2,1H3;1H/q+1;/p-1. The summed E-state index contributed by atoms with van der Waals surface area (Å²) in [6.45, 7) is 2.41. The van der Waals surface area contributed by atoms with Gasteiger partial charge in [0.25, 0.3) is 5.82 Å². The molecule has 0 N–H and O–H groups in total. The van der Waals surface area contributed by atoms with E-state index in [-0.39, 0.29) is 28.8 Å². The maximum Gasteiger partial charge on any atom is 0.257 e.